The Morgan fingerprint density at radius 1 is 0.333 bits per heavy atom. The minimum absolute atomic E-state index is 4.63. The van der Waals surface area contributed by atoms with Crippen LogP contribution in [0.3, 0.4) is 0 Å². The Balaban J connectivity index is 6.44. The van der Waals surface area contributed by atoms with Crippen LogP contribution in [0, 0.1) is 0 Å². The van der Waals surface area contributed by atoms with Crippen molar-refractivity contribution in [1.82, 2.24) is 0 Å². The van der Waals surface area contributed by atoms with Crippen LogP contribution in [-0.4, -0.2) is 24.7 Å². The first-order valence-corrected chi connectivity index (χ1v) is 3.52. The van der Waals surface area contributed by atoms with Gasteiger partial charge < -0.3 is 0 Å². The van der Waals surface area contributed by atoms with Crippen LogP contribution in [0.1, 0.15) is 0 Å². The van der Waals surface area contributed by atoms with Gasteiger partial charge in [-0.25, -0.2) is 0 Å². The molecule has 0 aliphatic heterocycles. The van der Waals surface area contributed by atoms with Crippen LogP contribution in [-0.2, 0) is 0 Å². The lowest BCUT2D eigenvalue weighted by Gasteiger charge is -2.23. The van der Waals surface area contributed by atoms with E-state index in [4.69, 9.17) is 0 Å². The van der Waals surface area contributed by atoms with Crippen molar-refractivity contribution in [3.05, 3.63) is 11.1 Å². The van der Waals surface area contributed by atoms with Gasteiger partial charge in [-0.2, -0.15) is 52.7 Å². The molecule has 0 aliphatic carbocycles. The zero-order valence-corrected chi connectivity index (χ0v) is 7.54. The van der Waals surface area contributed by atoms with E-state index in [1.165, 1.54) is 0 Å². The maximum atomic E-state index is 11.7. The molecule has 0 atom stereocenters. The second kappa shape index (κ2) is 4.23. The van der Waals surface area contributed by atoms with E-state index in [1.807, 2.05) is 0 Å². The molecule has 108 valence electrons. The normalized spacial score (nSPS) is 14.7. The van der Waals surface area contributed by atoms with Crippen LogP contribution >= 0.6 is 0 Å². The largest absolute Gasteiger partial charge is 0.421 e. The summed E-state index contributed by atoms with van der Waals surface area (Å²) in [6, 6.07) is 0. The summed E-state index contributed by atoms with van der Waals surface area (Å²) < 4.78 is 141. The molecule has 0 N–H and O–H groups in total. The summed E-state index contributed by atoms with van der Waals surface area (Å²) in [4.78, 5) is 0. The van der Waals surface area contributed by atoms with Crippen LogP contribution < -0.4 is 0 Å². The van der Waals surface area contributed by atoms with E-state index in [0.717, 1.165) is 0 Å². The average molecular weight is 300 g/mol. The fourth-order valence-electron chi connectivity index (χ4n) is 0.888. The molecule has 0 spiro atoms. The quantitative estimate of drug-likeness (QED) is 0.455. The smallest absolute Gasteiger partial charge is 0.166 e. The van der Waals surface area contributed by atoms with Gasteiger partial charge in [0, 0.05) is 0 Å². The maximum absolute atomic E-state index is 11.7. The molecule has 0 fully saturated rings. The van der Waals surface area contributed by atoms with Gasteiger partial charge in [0.1, 0.15) is 0 Å². The lowest BCUT2D eigenvalue weighted by Crippen LogP contribution is -2.37. The average Bonchev–Trinajstić information content (AvgIpc) is 1.89. The van der Waals surface area contributed by atoms with Crippen molar-refractivity contribution in [2.75, 3.05) is 0 Å². The maximum Gasteiger partial charge on any atom is 0.421 e. The minimum atomic E-state index is -6.85. The highest BCUT2D eigenvalue weighted by Gasteiger charge is 2.64. The summed E-state index contributed by atoms with van der Waals surface area (Å²) in [5, 5.41) is 0. The number of hydrogen-bond acceptors (Lipinski definition) is 0. The summed E-state index contributed by atoms with van der Waals surface area (Å²) in [5.74, 6) is 0. The van der Waals surface area contributed by atoms with Gasteiger partial charge in [0.25, 0.3) is 0 Å². The fraction of sp³-hybridized carbons (Fsp3) is 0.667. The van der Waals surface area contributed by atoms with Gasteiger partial charge in [-0.1, -0.05) is 0 Å². The molecule has 12 heteroatoms. The SMILES string of the molecule is FC(F)(F)C(=C(C(F)(F)F)C(F)(F)F)C(F)(F)F. The van der Waals surface area contributed by atoms with Crippen LogP contribution in [0.15, 0.2) is 11.1 Å². The zero-order chi connectivity index (χ0) is 15.2. The Hall–Kier alpha value is -1.10. The highest BCUT2D eigenvalue weighted by atomic mass is 19.4. The molecule has 0 aromatic carbocycles. The molecule has 0 nitrogen and oxygen atoms in total. The monoisotopic (exact) mass is 300 g/mol. The van der Waals surface area contributed by atoms with Crippen molar-refractivity contribution >= 4 is 0 Å². The fourth-order valence-corrected chi connectivity index (χ4v) is 0.888. The molecule has 0 saturated heterocycles. The van der Waals surface area contributed by atoms with E-state index in [0.29, 0.717) is 0 Å². The molecular formula is C6F12. The highest BCUT2D eigenvalue weighted by molar-refractivity contribution is 5.31. The third kappa shape index (κ3) is 3.98. The highest BCUT2D eigenvalue weighted by Crippen LogP contribution is 2.49. The number of halogens is 12. The van der Waals surface area contributed by atoms with Crippen molar-refractivity contribution in [3.8, 4) is 0 Å². The summed E-state index contributed by atoms with van der Waals surface area (Å²) in [5.41, 5.74) is -9.26. The lowest BCUT2D eigenvalue weighted by atomic mass is 10.1. The third-order valence-corrected chi connectivity index (χ3v) is 1.38. The predicted octanol–water partition coefficient (Wildman–Crippen LogP) is 4.53. The molecule has 0 radical (unpaired) electrons. The van der Waals surface area contributed by atoms with Crippen molar-refractivity contribution in [2.45, 2.75) is 24.7 Å². The van der Waals surface area contributed by atoms with Crippen molar-refractivity contribution in [1.29, 1.82) is 0 Å². The van der Waals surface area contributed by atoms with Gasteiger partial charge in [0.05, 0.1) is 0 Å². The van der Waals surface area contributed by atoms with E-state index >= 15 is 0 Å². The summed E-state index contributed by atoms with van der Waals surface area (Å²) >= 11 is 0. The Bertz CT molecular complexity index is 264. The van der Waals surface area contributed by atoms with Gasteiger partial charge in [0.15, 0.2) is 11.1 Å². The van der Waals surface area contributed by atoms with E-state index in [1.54, 1.807) is 0 Å². The van der Waals surface area contributed by atoms with E-state index < -0.39 is 35.9 Å². The van der Waals surface area contributed by atoms with Crippen molar-refractivity contribution in [2.24, 2.45) is 0 Å². The topological polar surface area (TPSA) is 0 Å². The summed E-state index contributed by atoms with van der Waals surface area (Å²) in [6.45, 7) is 0. The first kappa shape index (κ1) is 16.9. The standard InChI is InChI=1S/C6F12/c7-3(8,9)1(4(10,11)12)2(5(13,14)15)6(16,17)18. The molecule has 0 aromatic heterocycles. The predicted molar refractivity (Wildman–Crippen MR) is 31.2 cm³/mol. The molecule has 0 amide bonds. The van der Waals surface area contributed by atoms with Gasteiger partial charge in [-0.3, -0.25) is 0 Å². The van der Waals surface area contributed by atoms with Gasteiger partial charge in [0.2, 0.25) is 0 Å². The molecule has 0 aromatic rings. The van der Waals surface area contributed by atoms with Crippen LogP contribution in [0.25, 0.3) is 0 Å². The van der Waals surface area contributed by atoms with Gasteiger partial charge in [-0.05, 0) is 0 Å². The molecule has 0 heterocycles. The first-order valence-electron chi connectivity index (χ1n) is 3.52. The Labute approximate surface area is 89.9 Å². The Kier molecular flexibility index (Phi) is 3.97. The van der Waals surface area contributed by atoms with Gasteiger partial charge >= 0.3 is 24.7 Å². The lowest BCUT2D eigenvalue weighted by molar-refractivity contribution is -0.208. The molecule has 0 bridgehead atoms. The second-order valence-corrected chi connectivity index (χ2v) is 2.74. The molecule has 0 unspecified atom stereocenters. The number of allylic oxidation sites excluding steroid dienone is 2. The van der Waals surface area contributed by atoms with Crippen LogP contribution in [0.2, 0.25) is 0 Å². The third-order valence-electron chi connectivity index (χ3n) is 1.38. The van der Waals surface area contributed by atoms with Crippen molar-refractivity contribution in [3.63, 3.8) is 0 Å². The van der Waals surface area contributed by atoms with E-state index in [-0.39, 0.29) is 0 Å². The molecule has 0 rings (SSSR count). The number of alkyl halides is 12. The minimum Gasteiger partial charge on any atom is -0.166 e. The first-order chi connectivity index (χ1) is 7.49. The molecule has 0 saturated carbocycles. The second-order valence-electron chi connectivity index (χ2n) is 2.74. The summed E-state index contributed by atoms with van der Waals surface area (Å²) in [7, 11) is 0. The van der Waals surface area contributed by atoms with E-state index in [9.17, 15) is 52.7 Å². The number of rotatable bonds is 0. The van der Waals surface area contributed by atoms with Crippen LogP contribution in [0.4, 0.5) is 52.7 Å². The van der Waals surface area contributed by atoms with Crippen LogP contribution in [0.5, 0.6) is 0 Å². The van der Waals surface area contributed by atoms with Gasteiger partial charge in [-0.15, -0.1) is 0 Å². The van der Waals surface area contributed by atoms with E-state index in [2.05, 4.69) is 0 Å². The zero-order valence-electron chi connectivity index (χ0n) is 7.54. The Morgan fingerprint density at radius 3 is 0.500 bits per heavy atom. The number of hydrogen-bond donors (Lipinski definition) is 0. The summed E-state index contributed by atoms with van der Waals surface area (Å²) in [6.07, 6.45) is -27.4. The molecule has 18 heavy (non-hydrogen) atoms. The molecular weight excluding hydrogens is 300 g/mol. The molecule has 0 aliphatic rings. The Morgan fingerprint density at radius 2 is 0.444 bits per heavy atom. The van der Waals surface area contributed by atoms with Crippen molar-refractivity contribution < 1.29 is 52.7 Å².